The molecular weight excluding hydrogens is 565 g/mol. The van der Waals surface area contributed by atoms with E-state index in [1.807, 2.05) is 12.1 Å². The fourth-order valence-corrected chi connectivity index (χ4v) is 5.60. The maximum atomic E-state index is 13.8. The molecule has 0 aromatic heterocycles. The van der Waals surface area contributed by atoms with Crippen LogP contribution in [-0.2, 0) is 16.4 Å². The van der Waals surface area contributed by atoms with Gasteiger partial charge in [-0.05, 0) is 68.1 Å². The van der Waals surface area contributed by atoms with Crippen LogP contribution >= 0.6 is 0 Å². The van der Waals surface area contributed by atoms with Gasteiger partial charge in [0.05, 0.1) is 19.8 Å². The Balaban J connectivity index is 0.000000587. The Hall–Kier alpha value is -3.55. The van der Waals surface area contributed by atoms with Gasteiger partial charge in [0.2, 0.25) is 0 Å². The van der Waals surface area contributed by atoms with Crippen molar-refractivity contribution in [2.45, 2.75) is 43.1 Å². The smallest absolute Gasteiger partial charge is 0.490 e. The summed E-state index contributed by atoms with van der Waals surface area (Å²) in [5.41, 5.74) is -0.485. The lowest BCUT2D eigenvalue weighted by atomic mass is 9.63. The Bertz CT molecular complexity index is 1270. The van der Waals surface area contributed by atoms with Crippen LogP contribution in [0.4, 0.5) is 30.7 Å². The van der Waals surface area contributed by atoms with Gasteiger partial charge in [0.1, 0.15) is 5.82 Å². The molecule has 4 rings (SSSR count). The van der Waals surface area contributed by atoms with Gasteiger partial charge in [-0.1, -0.05) is 6.07 Å². The number of hydrogen-bond donors (Lipinski definition) is 2. The number of alkyl halides is 6. The van der Waals surface area contributed by atoms with E-state index in [0.717, 1.165) is 31.1 Å². The molecule has 2 aromatic carbocycles. The third kappa shape index (κ3) is 7.40. The fourth-order valence-electron chi connectivity index (χ4n) is 5.60. The summed E-state index contributed by atoms with van der Waals surface area (Å²) >= 11 is 0. The molecule has 7 nitrogen and oxygen atoms in total. The van der Waals surface area contributed by atoms with Gasteiger partial charge >= 0.3 is 18.3 Å². The summed E-state index contributed by atoms with van der Waals surface area (Å²) in [5.74, 6) is -3.00. The third-order valence-corrected chi connectivity index (χ3v) is 7.40. The molecule has 226 valence electrons. The SMILES string of the molecule is COc1ccc([C@@]23CC[C@@H](NC(=O)c4cc(F)cc(C(F)(F)F)c4)C[C@@H]2CN(C)C3)cc1OC.O=C(O)C(F)(F)F. The van der Waals surface area contributed by atoms with Crippen LogP contribution in [0, 0.1) is 11.7 Å². The molecule has 41 heavy (non-hydrogen) atoms. The number of aliphatic carboxylic acids is 1. The monoisotopic (exact) mass is 594 g/mol. The van der Waals surface area contributed by atoms with E-state index in [1.54, 1.807) is 14.2 Å². The first kappa shape index (κ1) is 32.0. The zero-order valence-corrected chi connectivity index (χ0v) is 22.3. The van der Waals surface area contributed by atoms with Crippen molar-refractivity contribution >= 4 is 11.9 Å². The zero-order chi connectivity index (χ0) is 30.8. The molecule has 0 bridgehead atoms. The summed E-state index contributed by atoms with van der Waals surface area (Å²) in [5, 5.41) is 9.97. The number of carboxylic acid groups (broad SMARTS) is 1. The molecule has 1 saturated heterocycles. The number of benzene rings is 2. The van der Waals surface area contributed by atoms with Gasteiger partial charge in [-0.2, -0.15) is 26.3 Å². The molecule has 0 unspecified atom stereocenters. The second-order valence-electron chi connectivity index (χ2n) is 10.1. The van der Waals surface area contributed by atoms with Crippen molar-refractivity contribution in [1.82, 2.24) is 10.2 Å². The van der Waals surface area contributed by atoms with Gasteiger partial charge in [0.25, 0.3) is 5.91 Å². The van der Waals surface area contributed by atoms with Crippen molar-refractivity contribution in [3.05, 3.63) is 58.9 Å². The molecule has 1 heterocycles. The van der Waals surface area contributed by atoms with Gasteiger partial charge < -0.3 is 24.8 Å². The van der Waals surface area contributed by atoms with Crippen LogP contribution < -0.4 is 14.8 Å². The van der Waals surface area contributed by atoms with Gasteiger partial charge in [-0.3, -0.25) is 4.79 Å². The van der Waals surface area contributed by atoms with Crippen molar-refractivity contribution < 1.29 is 54.9 Å². The summed E-state index contributed by atoms with van der Waals surface area (Å²) in [7, 11) is 5.24. The molecule has 2 N–H and O–H groups in total. The van der Waals surface area contributed by atoms with E-state index in [2.05, 4.69) is 23.3 Å². The van der Waals surface area contributed by atoms with E-state index in [4.69, 9.17) is 19.4 Å². The quantitative estimate of drug-likeness (QED) is 0.459. The number of methoxy groups -OCH3 is 2. The van der Waals surface area contributed by atoms with E-state index >= 15 is 0 Å². The van der Waals surface area contributed by atoms with Crippen molar-refractivity contribution in [1.29, 1.82) is 0 Å². The number of nitrogens with zero attached hydrogens (tertiary/aromatic N) is 1. The highest BCUT2D eigenvalue weighted by molar-refractivity contribution is 5.94. The molecule has 1 saturated carbocycles. The molecular formula is C27H29F7N2O5. The van der Waals surface area contributed by atoms with Crippen LogP contribution in [0.3, 0.4) is 0 Å². The standard InChI is InChI=1S/C25H28F4N2O3.C2HF3O2/c1-31-13-18-11-20(30-23(32)15-8-17(25(27,28)29)10-19(26)9-15)6-7-24(18,14-31)16-4-5-21(33-2)22(12-16)34-3;3-2(4,5)1(6)7/h4-5,8-10,12,18,20H,6-7,11,13-14H2,1-3H3,(H,30,32);(H,6,7)/t18-,20-,24+;/m1./s1. The Morgan fingerprint density at radius 3 is 2.22 bits per heavy atom. The van der Waals surface area contributed by atoms with E-state index in [0.29, 0.717) is 36.5 Å². The maximum Gasteiger partial charge on any atom is 0.490 e. The lowest BCUT2D eigenvalue weighted by molar-refractivity contribution is -0.192. The molecule has 3 atom stereocenters. The predicted octanol–water partition coefficient (Wildman–Crippen LogP) is 5.28. The van der Waals surface area contributed by atoms with E-state index in [-0.39, 0.29) is 22.9 Å². The number of likely N-dealkylation sites (tertiary alicyclic amines) is 1. The first-order chi connectivity index (χ1) is 19.0. The molecule has 2 aromatic rings. The number of nitrogens with one attached hydrogen (secondary N) is 1. The number of amides is 1. The molecule has 2 aliphatic rings. The number of carboxylic acids is 1. The van der Waals surface area contributed by atoms with Crippen LogP contribution in [0.25, 0.3) is 0 Å². The summed E-state index contributed by atoms with van der Waals surface area (Å²) in [6.45, 7) is 1.69. The second-order valence-corrected chi connectivity index (χ2v) is 10.1. The van der Waals surface area contributed by atoms with Crippen molar-refractivity contribution in [3.8, 4) is 11.5 Å². The molecule has 1 amide bonds. The number of rotatable bonds is 5. The summed E-state index contributed by atoms with van der Waals surface area (Å²) in [6, 6.07) is 7.67. The molecule has 0 radical (unpaired) electrons. The molecule has 1 aliphatic carbocycles. The normalized spacial score (nSPS) is 22.7. The van der Waals surface area contributed by atoms with E-state index < -0.39 is 35.6 Å². The number of carbonyl (C=O) groups is 2. The van der Waals surface area contributed by atoms with Gasteiger partial charge in [-0.25, -0.2) is 9.18 Å². The average molecular weight is 595 g/mol. The number of hydrogen-bond acceptors (Lipinski definition) is 5. The topological polar surface area (TPSA) is 88.1 Å². The third-order valence-electron chi connectivity index (χ3n) is 7.40. The lowest BCUT2D eigenvalue weighted by Crippen LogP contribution is -2.47. The van der Waals surface area contributed by atoms with E-state index in [9.17, 15) is 35.5 Å². The predicted molar refractivity (Wildman–Crippen MR) is 132 cm³/mol. The molecule has 0 spiro atoms. The highest BCUT2D eigenvalue weighted by atomic mass is 19.4. The number of likely N-dealkylation sites (N-methyl/N-ethyl adjacent to an activating group) is 1. The van der Waals surface area contributed by atoms with Crippen molar-refractivity contribution in [2.75, 3.05) is 34.4 Å². The number of ether oxygens (including phenoxy) is 2. The lowest BCUT2D eigenvalue weighted by Gasteiger charge is -2.43. The minimum Gasteiger partial charge on any atom is -0.493 e. The number of carbonyl (C=O) groups excluding carboxylic acids is 1. The Morgan fingerprint density at radius 1 is 1.02 bits per heavy atom. The Labute approximate surface area is 231 Å². The van der Waals surface area contributed by atoms with Crippen LogP contribution in [0.1, 0.15) is 40.7 Å². The second kappa shape index (κ2) is 12.1. The summed E-state index contributed by atoms with van der Waals surface area (Å²) in [4.78, 5) is 23.9. The van der Waals surface area contributed by atoms with Crippen LogP contribution in [0.5, 0.6) is 11.5 Å². The van der Waals surface area contributed by atoms with Gasteiger partial charge in [0, 0.05) is 30.1 Å². The Kier molecular flexibility index (Phi) is 9.46. The Morgan fingerprint density at radius 2 is 1.66 bits per heavy atom. The highest BCUT2D eigenvalue weighted by Crippen LogP contribution is 2.49. The number of fused-ring (bicyclic) bond motifs is 1. The highest BCUT2D eigenvalue weighted by Gasteiger charge is 2.50. The minimum absolute atomic E-state index is 0.127. The maximum absolute atomic E-state index is 13.8. The van der Waals surface area contributed by atoms with Gasteiger partial charge in [0.15, 0.2) is 11.5 Å². The number of halogens is 7. The summed E-state index contributed by atoms with van der Waals surface area (Å²) in [6.07, 6.45) is -7.69. The first-order valence-electron chi connectivity index (χ1n) is 12.4. The average Bonchev–Trinajstić information content (AvgIpc) is 3.23. The molecule has 14 heteroatoms. The fraction of sp³-hybridized carbons (Fsp3) is 0.481. The molecule has 2 fully saturated rings. The minimum atomic E-state index is -5.08. The zero-order valence-electron chi connectivity index (χ0n) is 22.3. The summed E-state index contributed by atoms with van der Waals surface area (Å²) < 4.78 is 95.5. The van der Waals surface area contributed by atoms with Crippen molar-refractivity contribution in [2.24, 2.45) is 5.92 Å². The largest absolute Gasteiger partial charge is 0.493 e. The van der Waals surface area contributed by atoms with E-state index in [1.165, 1.54) is 0 Å². The van der Waals surface area contributed by atoms with Crippen LogP contribution in [0.15, 0.2) is 36.4 Å². The van der Waals surface area contributed by atoms with Crippen LogP contribution in [0.2, 0.25) is 0 Å². The molecule has 1 aliphatic heterocycles. The van der Waals surface area contributed by atoms with Crippen molar-refractivity contribution in [3.63, 3.8) is 0 Å². The van der Waals surface area contributed by atoms with Gasteiger partial charge in [-0.15, -0.1) is 0 Å². The first-order valence-corrected chi connectivity index (χ1v) is 12.4. The van der Waals surface area contributed by atoms with Crippen LogP contribution in [-0.4, -0.2) is 68.5 Å².